The number of ether oxygens (including phenoxy) is 2. The van der Waals surface area contributed by atoms with E-state index in [9.17, 15) is 0 Å². The van der Waals surface area contributed by atoms with Crippen molar-refractivity contribution in [3.8, 4) is 0 Å². The monoisotopic (exact) mass is 281 g/mol. The maximum absolute atomic E-state index is 6.14. The van der Waals surface area contributed by atoms with Crippen molar-refractivity contribution in [1.29, 1.82) is 0 Å². The molecule has 0 bridgehead atoms. The third-order valence-corrected chi connectivity index (χ3v) is 5.32. The minimum absolute atomic E-state index is 0.0896. The van der Waals surface area contributed by atoms with Gasteiger partial charge in [-0.25, -0.2) is 0 Å². The summed E-state index contributed by atoms with van der Waals surface area (Å²) < 4.78 is 11.6. The normalized spacial score (nSPS) is 28.4. The molecule has 2 fully saturated rings. The fraction of sp³-hybridized carbons (Fsp3) is 0.733. The standard InChI is InChI=1S/C15H23NO2S/c1-16-14(13-3-9-19-11-13)12-2-6-18-15(10-12)4-7-17-8-5-15/h3,9,11-12,14,16H,2,4-8,10H2,1H3. The highest BCUT2D eigenvalue weighted by molar-refractivity contribution is 7.07. The fourth-order valence-corrected chi connectivity index (χ4v) is 4.27. The van der Waals surface area contributed by atoms with Crippen LogP contribution < -0.4 is 5.32 Å². The lowest BCUT2D eigenvalue weighted by molar-refractivity contribution is -0.150. The van der Waals surface area contributed by atoms with Gasteiger partial charge in [0.2, 0.25) is 0 Å². The molecule has 2 unspecified atom stereocenters. The van der Waals surface area contributed by atoms with Gasteiger partial charge in [0.1, 0.15) is 0 Å². The molecule has 2 atom stereocenters. The molecule has 0 amide bonds. The van der Waals surface area contributed by atoms with Crippen LogP contribution in [0.1, 0.15) is 37.3 Å². The van der Waals surface area contributed by atoms with E-state index in [4.69, 9.17) is 9.47 Å². The Hall–Kier alpha value is -0.420. The molecule has 2 aliphatic rings. The first kappa shape index (κ1) is 13.6. The maximum Gasteiger partial charge on any atom is 0.0729 e. The molecule has 0 aromatic carbocycles. The Kier molecular flexibility index (Phi) is 4.22. The first-order chi connectivity index (χ1) is 9.33. The highest BCUT2D eigenvalue weighted by Crippen LogP contribution is 2.41. The molecule has 1 aromatic rings. The Morgan fingerprint density at radius 1 is 1.37 bits per heavy atom. The van der Waals surface area contributed by atoms with Gasteiger partial charge in [-0.3, -0.25) is 0 Å². The van der Waals surface area contributed by atoms with Crippen LogP contribution >= 0.6 is 11.3 Å². The van der Waals surface area contributed by atoms with Gasteiger partial charge in [-0.15, -0.1) is 0 Å². The van der Waals surface area contributed by atoms with Crippen LogP contribution in [-0.4, -0.2) is 32.5 Å². The minimum atomic E-state index is 0.0896. The Morgan fingerprint density at radius 3 is 2.89 bits per heavy atom. The van der Waals surface area contributed by atoms with E-state index < -0.39 is 0 Å². The Morgan fingerprint density at radius 2 is 2.21 bits per heavy atom. The highest BCUT2D eigenvalue weighted by Gasteiger charge is 2.41. The van der Waals surface area contributed by atoms with Gasteiger partial charge in [0.25, 0.3) is 0 Å². The summed E-state index contributed by atoms with van der Waals surface area (Å²) in [4.78, 5) is 0. The summed E-state index contributed by atoms with van der Waals surface area (Å²) in [7, 11) is 2.08. The smallest absolute Gasteiger partial charge is 0.0729 e. The molecule has 4 heteroatoms. The zero-order valence-corrected chi connectivity index (χ0v) is 12.4. The predicted octanol–water partition coefficient (Wildman–Crippen LogP) is 2.98. The second-order valence-corrected chi connectivity index (χ2v) is 6.50. The van der Waals surface area contributed by atoms with Crippen molar-refractivity contribution < 1.29 is 9.47 Å². The summed E-state index contributed by atoms with van der Waals surface area (Å²) in [5, 5.41) is 7.96. The molecule has 0 aliphatic carbocycles. The molecule has 3 nitrogen and oxygen atoms in total. The number of rotatable bonds is 3. The summed E-state index contributed by atoms with van der Waals surface area (Å²) in [6, 6.07) is 2.72. The van der Waals surface area contributed by atoms with Crippen LogP contribution in [0.25, 0.3) is 0 Å². The molecule has 1 spiro atoms. The molecular weight excluding hydrogens is 258 g/mol. The van der Waals surface area contributed by atoms with Crippen LogP contribution in [0, 0.1) is 5.92 Å². The van der Waals surface area contributed by atoms with E-state index in [2.05, 4.69) is 29.2 Å². The third kappa shape index (κ3) is 2.87. The average Bonchev–Trinajstić information content (AvgIpc) is 2.95. The molecular formula is C15H23NO2S. The number of hydrogen-bond donors (Lipinski definition) is 1. The van der Waals surface area contributed by atoms with Gasteiger partial charge in [-0.2, -0.15) is 11.3 Å². The summed E-state index contributed by atoms with van der Waals surface area (Å²) >= 11 is 1.78. The largest absolute Gasteiger partial charge is 0.381 e. The van der Waals surface area contributed by atoms with E-state index in [0.717, 1.165) is 45.5 Å². The lowest BCUT2D eigenvalue weighted by Gasteiger charge is -2.45. The molecule has 3 heterocycles. The lowest BCUT2D eigenvalue weighted by Crippen LogP contribution is -2.46. The van der Waals surface area contributed by atoms with E-state index in [1.165, 1.54) is 5.56 Å². The maximum atomic E-state index is 6.14. The van der Waals surface area contributed by atoms with Crippen molar-refractivity contribution in [3.63, 3.8) is 0 Å². The lowest BCUT2D eigenvalue weighted by atomic mass is 9.76. The van der Waals surface area contributed by atoms with Crippen LogP contribution in [-0.2, 0) is 9.47 Å². The van der Waals surface area contributed by atoms with Crippen LogP contribution in [0.3, 0.4) is 0 Å². The molecule has 0 saturated carbocycles. The van der Waals surface area contributed by atoms with Crippen LogP contribution in [0.15, 0.2) is 16.8 Å². The Labute approximate surface area is 119 Å². The van der Waals surface area contributed by atoms with E-state index in [0.29, 0.717) is 12.0 Å². The predicted molar refractivity (Wildman–Crippen MR) is 77.6 cm³/mol. The molecule has 1 N–H and O–H groups in total. The van der Waals surface area contributed by atoms with Gasteiger partial charge in [0.05, 0.1) is 5.60 Å². The van der Waals surface area contributed by atoms with Gasteiger partial charge >= 0.3 is 0 Å². The van der Waals surface area contributed by atoms with Crippen LogP contribution in [0.5, 0.6) is 0 Å². The Bertz CT molecular complexity index is 381. The van der Waals surface area contributed by atoms with Gasteiger partial charge in [0.15, 0.2) is 0 Å². The van der Waals surface area contributed by atoms with Gasteiger partial charge < -0.3 is 14.8 Å². The SMILES string of the molecule is CNC(c1ccsc1)C1CCOC2(CCOCC2)C1. The number of thiophene rings is 1. The van der Waals surface area contributed by atoms with Crippen molar-refractivity contribution >= 4 is 11.3 Å². The zero-order valence-electron chi connectivity index (χ0n) is 11.6. The van der Waals surface area contributed by atoms with Crippen molar-refractivity contribution in [2.24, 2.45) is 5.92 Å². The topological polar surface area (TPSA) is 30.5 Å². The van der Waals surface area contributed by atoms with Crippen LogP contribution in [0.2, 0.25) is 0 Å². The first-order valence-electron chi connectivity index (χ1n) is 7.24. The zero-order chi connectivity index (χ0) is 13.1. The Balaban J connectivity index is 1.73. The van der Waals surface area contributed by atoms with E-state index in [-0.39, 0.29) is 5.60 Å². The van der Waals surface area contributed by atoms with Crippen molar-refractivity contribution in [1.82, 2.24) is 5.32 Å². The van der Waals surface area contributed by atoms with Crippen molar-refractivity contribution in [3.05, 3.63) is 22.4 Å². The van der Waals surface area contributed by atoms with Gasteiger partial charge in [-0.05, 0) is 61.0 Å². The van der Waals surface area contributed by atoms with E-state index in [1.807, 2.05) is 0 Å². The summed E-state index contributed by atoms with van der Waals surface area (Å²) in [5.41, 5.74) is 1.52. The molecule has 1 aromatic heterocycles. The summed E-state index contributed by atoms with van der Waals surface area (Å²) in [6.45, 7) is 2.61. The van der Waals surface area contributed by atoms with E-state index >= 15 is 0 Å². The highest BCUT2D eigenvalue weighted by atomic mass is 32.1. The molecule has 19 heavy (non-hydrogen) atoms. The average molecular weight is 281 g/mol. The van der Waals surface area contributed by atoms with Gasteiger partial charge in [-0.1, -0.05) is 0 Å². The molecule has 2 aliphatic heterocycles. The number of hydrogen-bond acceptors (Lipinski definition) is 4. The minimum Gasteiger partial charge on any atom is -0.381 e. The van der Waals surface area contributed by atoms with Crippen molar-refractivity contribution in [2.45, 2.75) is 37.3 Å². The van der Waals surface area contributed by atoms with E-state index in [1.54, 1.807) is 11.3 Å². The summed E-state index contributed by atoms with van der Waals surface area (Å²) in [5.74, 6) is 0.673. The van der Waals surface area contributed by atoms with Crippen LogP contribution in [0.4, 0.5) is 0 Å². The fourth-order valence-electron chi connectivity index (χ4n) is 3.57. The summed E-state index contributed by atoms with van der Waals surface area (Å²) in [6.07, 6.45) is 4.44. The third-order valence-electron chi connectivity index (χ3n) is 4.62. The van der Waals surface area contributed by atoms with Gasteiger partial charge in [0, 0.05) is 25.9 Å². The first-order valence-corrected chi connectivity index (χ1v) is 8.18. The molecule has 2 saturated heterocycles. The second kappa shape index (κ2) is 5.92. The molecule has 3 rings (SSSR count). The quantitative estimate of drug-likeness (QED) is 0.924. The second-order valence-electron chi connectivity index (χ2n) is 5.72. The van der Waals surface area contributed by atoms with Crippen molar-refractivity contribution in [2.75, 3.05) is 26.9 Å². The molecule has 0 radical (unpaired) electrons. The molecule has 106 valence electrons. The number of nitrogens with one attached hydrogen (secondary N) is 1.